The van der Waals surface area contributed by atoms with Crippen LogP contribution in [0.5, 0.6) is 0 Å². The van der Waals surface area contributed by atoms with Gasteiger partial charge >= 0.3 is 0 Å². The molecule has 1 atom stereocenters. The second kappa shape index (κ2) is 11.4. The van der Waals surface area contributed by atoms with Gasteiger partial charge in [0.1, 0.15) is 6.33 Å². The summed E-state index contributed by atoms with van der Waals surface area (Å²) < 4.78 is 25.1. The van der Waals surface area contributed by atoms with Gasteiger partial charge in [-0.2, -0.15) is 0 Å². The quantitative estimate of drug-likeness (QED) is 0.209. The van der Waals surface area contributed by atoms with Gasteiger partial charge in [0, 0.05) is 23.3 Å². The van der Waals surface area contributed by atoms with Crippen molar-refractivity contribution in [2.75, 3.05) is 5.75 Å². The number of rotatable bonds is 13. The van der Waals surface area contributed by atoms with E-state index < -0.39 is 21.4 Å². The number of H-pyrrole nitrogens is 2. The fourth-order valence-corrected chi connectivity index (χ4v) is 5.37. The fraction of sp³-hybridized carbons (Fsp3) is 0.391. The Balaban J connectivity index is 1.59. The predicted molar refractivity (Wildman–Crippen MR) is 125 cm³/mol. The molecule has 0 radical (unpaired) electrons. The minimum Gasteiger partial charge on any atom is -0.365 e. The van der Waals surface area contributed by atoms with Crippen LogP contribution in [0, 0.1) is 0 Å². The van der Waals surface area contributed by atoms with E-state index >= 15 is 0 Å². The Bertz CT molecular complexity index is 1170. The number of halogens is 1. The molecule has 0 bridgehead atoms. The summed E-state index contributed by atoms with van der Waals surface area (Å²) in [4.78, 5) is 31.9. The van der Waals surface area contributed by atoms with E-state index in [0.29, 0.717) is 11.4 Å². The van der Waals surface area contributed by atoms with Crippen molar-refractivity contribution in [2.45, 2.75) is 56.3 Å². The molecule has 33 heavy (non-hydrogen) atoms. The van der Waals surface area contributed by atoms with Gasteiger partial charge in [-0.25, -0.2) is 13.4 Å². The molecule has 176 valence electrons. The van der Waals surface area contributed by atoms with E-state index in [0.717, 1.165) is 36.9 Å². The van der Waals surface area contributed by atoms with E-state index in [1.807, 2.05) is 6.07 Å². The van der Waals surface area contributed by atoms with Crippen molar-refractivity contribution < 1.29 is 18.0 Å². The third kappa shape index (κ3) is 6.61. The summed E-state index contributed by atoms with van der Waals surface area (Å²) in [5.74, 6) is -1.22. The van der Waals surface area contributed by atoms with Crippen LogP contribution in [0.3, 0.4) is 0 Å². The number of aromatic amines is 2. The van der Waals surface area contributed by atoms with Crippen LogP contribution < -0.4 is 0 Å². The normalized spacial score (nSPS) is 12.5. The van der Waals surface area contributed by atoms with E-state index in [1.54, 1.807) is 18.3 Å². The lowest BCUT2D eigenvalue weighted by atomic mass is 9.90. The van der Waals surface area contributed by atoms with E-state index in [1.165, 1.54) is 18.5 Å². The Morgan fingerprint density at radius 2 is 1.85 bits per heavy atom. The Labute approximate surface area is 198 Å². The van der Waals surface area contributed by atoms with Crippen molar-refractivity contribution in [3.05, 3.63) is 65.0 Å². The average Bonchev–Trinajstić information content (AvgIpc) is 3.48. The van der Waals surface area contributed by atoms with Crippen LogP contribution in [0.4, 0.5) is 0 Å². The molecule has 3 aromatic rings. The zero-order valence-corrected chi connectivity index (χ0v) is 20.0. The molecule has 0 aliphatic rings. The molecule has 8 nitrogen and oxygen atoms in total. The van der Waals surface area contributed by atoms with Gasteiger partial charge in [-0.3, -0.25) is 14.7 Å². The number of benzene rings is 1. The average molecular weight is 491 g/mol. The number of hydrogen-bond donors (Lipinski definition) is 2. The first-order chi connectivity index (χ1) is 15.8. The lowest BCUT2D eigenvalue weighted by molar-refractivity contribution is -0.114. The first-order valence-corrected chi connectivity index (χ1v) is 12.9. The lowest BCUT2D eigenvalue weighted by Gasteiger charge is -2.17. The van der Waals surface area contributed by atoms with Gasteiger partial charge in [-0.1, -0.05) is 31.4 Å². The van der Waals surface area contributed by atoms with Crippen LogP contribution in [0.25, 0.3) is 0 Å². The molecule has 1 unspecified atom stereocenters. The van der Waals surface area contributed by atoms with E-state index in [4.69, 9.17) is 11.6 Å². The first kappa shape index (κ1) is 24.9. The Kier molecular flexibility index (Phi) is 8.57. The van der Waals surface area contributed by atoms with Crippen LogP contribution >= 0.6 is 11.6 Å². The van der Waals surface area contributed by atoms with E-state index in [-0.39, 0.29) is 28.8 Å². The van der Waals surface area contributed by atoms with E-state index in [2.05, 4.69) is 27.1 Å². The molecule has 2 N–H and O–H groups in total. The minimum absolute atomic E-state index is 0.0304. The minimum atomic E-state index is -3.36. The molecule has 0 saturated carbocycles. The summed E-state index contributed by atoms with van der Waals surface area (Å²) in [5.41, 5.74) is 1.70. The van der Waals surface area contributed by atoms with Gasteiger partial charge in [-0.15, -0.1) is 5.10 Å². The number of nitrogens with one attached hydrogen (secondary N) is 2. The molecule has 0 saturated heterocycles. The molecule has 3 rings (SSSR count). The summed E-state index contributed by atoms with van der Waals surface area (Å²) >= 11 is 5.84. The molecule has 2 aromatic heterocycles. The standard InChI is InChI=1S/C23H27ClN4O4S/c1-2-5-16(6-3-4-13-33(31,32)19-9-7-18(24)8-10-19)21-17(11-12-25-21)14-20(29)22(30)23-26-15-27-28-23/h7-12,15-16,25H,2-6,13-14H2,1H3,(H,26,27,28). The van der Waals surface area contributed by atoms with Crippen molar-refractivity contribution in [1.82, 2.24) is 20.2 Å². The van der Waals surface area contributed by atoms with Crippen LogP contribution in [0.1, 0.15) is 66.8 Å². The number of sulfone groups is 1. The van der Waals surface area contributed by atoms with Crippen molar-refractivity contribution in [1.29, 1.82) is 0 Å². The third-order valence-corrected chi connectivity index (χ3v) is 7.59. The maximum absolute atomic E-state index is 12.5. The van der Waals surface area contributed by atoms with Gasteiger partial charge in [0.05, 0.1) is 10.6 Å². The maximum Gasteiger partial charge on any atom is 0.267 e. The van der Waals surface area contributed by atoms with Crippen molar-refractivity contribution in [2.24, 2.45) is 0 Å². The molecule has 0 aliphatic heterocycles. The molecular weight excluding hydrogens is 464 g/mol. The van der Waals surface area contributed by atoms with E-state index in [9.17, 15) is 18.0 Å². The largest absolute Gasteiger partial charge is 0.365 e. The van der Waals surface area contributed by atoms with Gasteiger partial charge in [0.15, 0.2) is 9.84 Å². The zero-order chi connectivity index (χ0) is 23.8. The van der Waals surface area contributed by atoms with Gasteiger partial charge in [0.25, 0.3) is 5.78 Å². The van der Waals surface area contributed by atoms with Gasteiger partial charge in [-0.05, 0) is 61.1 Å². The predicted octanol–water partition coefficient (Wildman–Crippen LogP) is 4.31. The number of hydrogen-bond acceptors (Lipinski definition) is 6. The molecule has 0 spiro atoms. The monoisotopic (exact) mass is 490 g/mol. The highest BCUT2D eigenvalue weighted by atomic mass is 35.5. The summed E-state index contributed by atoms with van der Waals surface area (Å²) in [5, 5.41) is 6.61. The number of aromatic nitrogens is 4. The summed E-state index contributed by atoms with van der Waals surface area (Å²) in [6.07, 6.45) is 6.85. The smallest absolute Gasteiger partial charge is 0.267 e. The lowest BCUT2D eigenvalue weighted by Crippen LogP contribution is -2.19. The number of carbonyl (C=O) groups is 2. The van der Waals surface area contributed by atoms with Gasteiger partial charge in [0.2, 0.25) is 11.6 Å². The second-order valence-corrected chi connectivity index (χ2v) is 10.5. The van der Waals surface area contributed by atoms with Crippen molar-refractivity contribution in [3.63, 3.8) is 0 Å². The Morgan fingerprint density at radius 3 is 2.52 bits per heavy atom. The topological polar surface area (TPSA) is 126 Å². The molecule has 10 heteroatoms. The zero-order valence-electron chi connectivity index (χ0n) is 18.4. The summed E-state index contributed by atoms with van der Waals surface area (Å²) in [6.45, 7) is 2.08. The van der Waals surface area contributed by atoms with Crippen LogP contribution in [-0.2, 0) is 21.1 Å². The van der Waals surface area contributed by atoms with Crippen LogP contribution in [-0.4, -0.2) is 45.9 Å². The number of Topliss-reactive ketones (excluding diaryl/α,β-unsaturated/α-hetero) is 2. The number of carbonyl (C=O) groups excluding carboxylic acids is 2. The molecule has 0 amide bonds. The summed E-state index contributed by atoms with van der Waals surface area (Å²) in [6, 6.07) is 8.02. The third-order valence-electron chi connectivity index (χ3n) is 5.53. The molecule has 0 aliphatic carbocycles. The Hall–Kier alpha value is -2.78. The van der Waals surface area contributed by atoms with Crippen molar-refractivity contribution in [3.8, 4) is 0 Å². The van der Waals surface area contributed by atoms with Crippen LogP contribution in [0.2, 0.25) is 5.02 Å². The highest BCUT2D eigenvalue weighted by Crippen LogP contribution is 2.29. The van der Waals surface area contributed by atoms with Crippen LogP contribution in [0.15, 0.2) is 47.8 Å². The molecule has 2 heterocycles. The van der Waals surface area contributed by atoms with Gasteiger partial charge < -0.3 is 4.98 Å². The summed E-state index contributed by atoms with van der Waals surface area (Å²) in [7, 11) is -3.36. The fourth-order valence-electron chi connectivity index (χ4n) is 3.87. The highest BCUT2D eigenvalue weighted by Gasteiger charge is 2.24. The Morgan fingerprint density at radius 1 is 1.09 bits per heavy atom. The number of unbranched alkanes of at least 4 members (excludes halogenated alkanes) is 1. The SMILES string of the molecule is CCCC(CCCCS(=O)(=O)c1ccc(Cl)cc1)c1[nH]ccc1CC(=O)C(=O)c1nc[nH]n1. The molecule has 1 aromatic carbocycles. The second-order valence-electron chi connectivity index (χ2n) is 7.92. The molecular formula is C23H27ClN4O4S. The highest BCUT2D eigenvalue weighted by molar-refractivity contribution is 7.91. The van der Waals surface area contributed by atoms with Crippen molar-refractivity contribution >= 4 is 33.0 Å². The number of nitrogens with zero attached hydrogens (tertiary/aromatic N) is 2. The molecule has 0 fully saturated rings. The first-order valence-electron chi connectivity index (χ1n) is 10.9. The number of ketones is 2. The maximum atomic E-state index is 12.5.